The van der Waals surface area contributed by atoms with Crippen molar-refractivity contribution in [1.82, 2.24) is 10.3 Å². The van der Waals surface area contributed by atoms with Crippen molar-refractivity contribution >= 4 is 50.9 Å². The molecule has 10 heteroatoms. The first-order chi connectivity index (χ1) is 13.4. The van der Waals surface area contributed by atoms with Gasteiger partial charge in [-0.25, -0.2) is 14.6 Å². The van der Waals surface area contributed by atoms with Crippen LogP contribution in [0.4, 0.5) is 10.5 Å². The molecule has 8 nitrogen and oxygen atoms in total. The standard InChI is InChI=1S/C18H14BrN3O5S/c1-10-15(22-16(27-10)13-3-2-8-28-13)17(24)26-9-14(23)21-18(25)20-12-6-4-11(19)5-7-12/h2-8H,9H2,1H3,(H2,20,21,23,25). The van der Waals surface area contributed by atoms with Crippen molar-refractivity contribution < 1.29 is 23.5 Å². The predicted molar refractivity (Wildman–Crippen MR) is 106 cm³/mol. The van der Waals surface area contributed by atoms with Gasteiger partial charge in [-0.3, -0.25) is 10.1 Å². The number of hydrogen-bond acceptors (Lipinski definition) is 7. The number of aromatic nitrogens is 1. The van der Waals surface area contributed by atoms with Gasteiger partial charge in [-0.05, 0) is 42.6 Å². The van der Waals surface area contributed by atoms with Crippen LogP contribution in [-0.4, -0.2) is 29.5 Å². The number of rotatable bonds is 5. The van der Waals surface area contributed by atoms with E-state index in [2.05, 4.69) is 31.5 Å². The van der Waals surface area contributed by atoms with Crippen molar-refractivity contribution in [3.8, 4) is 10.8 Å². The largest absolute Gasteiger partial charge is 0.451 e. The van der Waals surface area contributed by atoms with Gasteiger partial charge in [-0.15, -0.1) is 11.3 Å². The Hall–Kier alpha value is -2.98. The van der Waals surface area contributed by atoms with E-state index in [9.17, 15) is 14.4 Å². The number of amides is 3. The van der Waals surface area contributed by atoms with Gasteiger partial charge < -0.3 is 14.5 Å². The van der Waals surface area contributed by atoms with Gasteiger partial charge in [0, 0.05) is 10.2 Å². The third-order valence-electron chi connectivity index (χ3n) is 3.41. The van der Waals surface area contributed by atoms with Crippen LogP contribution in [0.2, 0.25) is 0 Å². The molecule has 0 bridgehead atoms. The van der Waals surface area contributed by atoms with Crippen LogP contribution in [0.1, 0.15) is 16.2 Å². The summed E-state index contributed by atoms with van der Waals surface area (Å²) >= 11 is 4.70. The van der Waals surface area contributed by atoms with E-state index in [1.165, 1.54) is 11.3 Å². The minimum Gasteiger partial charge on any atom is -0.451 e. The van der Waals surface area contributed by atoms with E-state index in [4.69, 9.17) is 9.15 Å². The fourth-order valence-corrected chi connectivity index (χ4v) is 3.06. The highest BCUT2D eigenvalue weighted by molar-refractivity contribution is 9.10. The number of hydrogen-bond donors (Lipinski definition) is 2. The molecular formula is C18H14BrN3O5S. The molecule has 28 heavy (non-hydrogen) atoms. The summed E-state index contributed by atoms with van der Waals surface area (Å²) in [5.41, 5.74) is 0.486. The Bertz CT molecular complexity index is 999. The second-order valence-electron chi connectivity index (χ2n) is 5.49. The van der Waals surface area contributed by atoms with Gasteiger partial charge >= 0.3 is 12.0 Å². The summed E-state index contributed by atoms with van der Waals surface area (Å²) in [5.74, 6) is -1.00. The molecule has 3 aromatic rings. The number of thiophene rings is 1. The molecule has 2 N–H and O–H groups in total. The van der Waals surface area contributed by atoms with E-state index in [0.29, 0.717) is 11.6 Å². The summed E-state index contributed by atoms with van der Waals surface area (Å²) in [5, 5.41) is 6.42. The van der Waals surface area contributed by atoms with E-state index in [-0.39, 0.29) is 11.5 Å². The van der Waals surface area contributed by atoms with Gasteiger partial charge in [0.15, 0.2) is 12.3 Å². The molecule has 0 saturated carbocycles. The Morgan fingerprint density at radius 3 is 2.64 bits per heavy atom. The summed E-state index contributed by atoms with van der Waals surface area (Å²) in [6, 6.07) is 9.71. The molecule has 0 saturated heterocycles. The average molecular weight is 464 g/mol. The Kier molecular flexibility index (Phi) is 6.22. The Morgan fingerprint density at radius 1 is 1.21 bits per heavy atom. The van der Waals surface area contributed by atoms with Crippen LogP contribution in [0.5, 0.6) is 0 Å². The fourth-order valence-electron chi connectivity index (χ4n) is 2.15. The number of benzene rings is 1. The number of urea groups is 1. The first kappa shape index (κ1) is 19.8. The molecule has 0 spiro atoms. The molecule has 2 heterocycles. The van der Waals surface area contributed by atoms with Crippen molar-refractivity contribution in [2.45, 2.75) is 6.92 Å². The van der Waals surface area contributed by atoms with E-state index < -0.39 is 24.5 Å². The van der Waals surface area contributed by atoms with Crippen molar-refractivity contribution in [3.05, 3.63) is 57.7 Å². The summed E-state index contributed by atoms with van der Waals surface area (Å²) in [6.07, 6.45) is 0. The number of carbonyl (C=O) groups is 3. The molecule has 2 aromatic heterocycles. The highest BCUT2D eigenvalue weighted by Crippen LogP contribution is 2.26. The van der Waals surface area contributed by atoms with Crippen molar-refractivity contribution in [2.24, 2.45) is 0 Å². The number of aryl methyl sites for hydroxylation is 1. The molecule has 0 unspecified atom stereocenters. The van der Waals surface area contributed by atoms with E-state index in [0.717, 1.165) is 9.35 Å². The third kappa shape index (κ3) is 5.05. The van der Waals surface area contributed by atoms with Gasteiger partial charge in [0.05, 0.1) is 4.88 Å². The lowest BCUT2D eigenvalue weighted by atomic mass is 10.3. The number of imide groups is 1. The maximum absolute atomic E-state index is 12.1. The molecule has 3 rings (SSSR count). The lowest BCUT2D eigenvalue weighted by Gasteiger charge is -2.07. The molecule has 0 aliphatic carbocycles. The van der Waals surface area contributed by atoms with Crippen molar-refractivity contribution in [2.75, 3.05) is 11.9 Å². The summed E-state index contributed by atoms with van der Waals surface area (Å²) in [7, 11) is 0. The van der Waals surface area contributed by atoms with Crippen LogP contribution in [0.15, 0.2) is 50.7 Å². The summed E-state index contributed by atoms with van der Waals surface area (Å²) in [4.78, 5) is 40.6. The fraction of sp³-hybridized carbons (Fsp3) is 0.111. The van der Waals surface area contributed by atoms with Gasteiger partial charge in [0.25, 0.3) is 5.91 Å². The van der Waals surface area contributed by atoms with Crippen LogP contribution in [-0.2, 0) is 9.53 Å². The van der Waals surface area contributed by atoms with Crippen molar-refractivity contribution in [1.29, 1.82) is 0 Å². The highest BCUT2D eigenvalue weighted by Gasteiger charge is 2.21. The number of halogens is 1. The van der Waals surface area contributed by atoms with E-state index in [1.54, 1.807) is 31.2 Å². The number of nitrogens with one attached hydrogen (secondary N) is 2. The average Bonchev–Trinajstić information content (AvgIpc) is 3.31. The van der Waals surface area contributed by atoms with Crippen LogP contribution < -0.4 is 10.6 Å². The maximum Gasteiger partial charge on any atom is 0.361 e. The van der Waals surface area contributed by atoms with E-state index in [1.807, 2.05) is 17.5 Å². The molecule has 0 radical (unpaired) electrons. The van der Waals surface area contributed by atoms with Crippen LogP contribution in [0.25, 0.3) is 10.8 Å². The quantitative estimate of drug-likeness (QED) is 0.553. The molecule has 0 atom stereocenters. The molecule has 1 aromatic carbocycles. The second kappa shape index (κ2) is 8.81. The number of ether oxygens (including phenoxy) is 1. The van der Waals surface area contributed by atoms with Crippen molar-refractivity contribution in [3.63, 3.8) is 0 Å². The number of oxazole rings is 1. The van der Waals surface area contributed by atoms with Gasteiger partial charge in [-0.2, -0.15) is 0 Å². The molecule has 3 amide bonds. The minimum atomic E-state index is -0.812. The number of esters is 1. The highest BCUT2D eigenvalue weighted by atomic mass is 79.9. The van der Waals surface area contributed by atoms with Crippen LogP contribution >= 0.6 is 27.3 Å². The number of nitrogens with zero attached hydrogens (tertiary/aromatic N) is 1. The molecule has 144 valence electrons. The Morgan fingerprint density at radius 2 is 1.96 bits per heavy atom. The van der Waals surface area contributed by atoms with Gasteiger partial charge in [-0.1, -0.05) is 22.0 Å². The maximum atomic E-state index is 12.1. The van der Waals surface area contributed by atoms with Crippen LogP contribution in [0, 0.1) is 6.92 Å². The zero-order valence-electron chi connectivity index (χ0n) is 14.5. The smallest absolute Gasteiger partial charge is 0.361 e. The number of anilines is 1. The summed E-state index contributed by atoms with van der Waals surface area (Å²) in [6.45, 7) is 0.944. The zero-order valence-corrected chi connectivity index (χ0v) is 16.9. The second-order valence-corrected chi connectivity index (χ2v) is 7.35. The third-order valence-corrected chi connectivity index (χ3v) is 4.80. The predicted octanol–water partition coefficient (Wildman–Crippen LogP) is 3.98. The zero-order chi connectivity index (χ0) is 20.1. The van der Waals surface area contributed by atoms with Gasteiger partial charge in [0.2, 0.25) is 5.89 Å². The van der Waals surface area contributed by atoms with Crippen LogP contribution in [0.3, 0.4) is 0 Å². The molecule has 0 aliphatic rings. The molecule has 0 fully saturated rings. The summed E-state index contributed by atoms with van der Waals surface area (Å²) < 4.78 is 11.2. The SMILES string of the molecule is Cc1oc(-c2cccs2)nc1C(=O)OCC(=O)NC(=O)Nc1ccc(Br)cc1. The Balaban J connectivity index is 1.51. The molecule has 0 aliphatic heterocycles. The lowest BCUT2D eigenvalue weighted by molar-refractivity contribution is -0.123. The lowest BCUT2D eigenvalue weighted by Crippen LogP contribution is -2.37. The van der Waals surface area contributed by atoms with E-state index >= 15 is 0 Å². The normalized spacial score (nSPS) is 10.4. The number of carbonyl (C=O) groups excluding carboxylic acids is 3. The Labute approximate surface area is 172 Å². The first-order valence-electron chi connectivity index (χ1n) is 7.97. The minimum absolute atomic E-state index is 0.0180. The van der Waals surface area contributed by atoms with Gasteiger partial charge in [0.1, 0.15) is 5.76 Å². The monoisotopic (exact) mass is 463 g/mol. The topological polar surface area (TPSA) is 111 Å². The molecular weight excluding hydrogens is 450 g/mol. The first-order valence-corrected chi connectivity index (χ1v) is 9.64.